The molecule has 0 bridgehead atoms. The van der Waals surface area contributed by atoms with Crippen molar-refractivity contribution in [3.05, 3.63) is 63.1 Å². The monoisotopic (exact) mass is 454 g/mol. The lowest BCUT2D eigenvalue weighted by Gasteiger charge is -2.31. The summed E-state index contributed by atoms with van der Waals surface area (Å²) < 4.78 is 27.2. The Morgan fingerprint density at radius 3 is 2.48 bits per heavy atom. The highest BCUT2D eigenvalue weighted by Crippen LogP contribution is 2.27. The molecule has 0 spiro atoms. The zero-order chi connectivity index (χ0) is 21.2. The second kappa shape index (κ2) is 9.04. The first-order valence-corrected chi connectivity index (χ1v) is 11.8. The Bertz CT molecular complexity index is 1000. The molecule has 1 heterocycles. The summed E-state index contributed by atoms with van der Waals surface area (Å²) >= 11 is 11.9. The number of aryl methyl sites for hydroxylation is 2. The van der Waals surface area contributed by atoms with Gasteiger partial charge in [0.15, 0.2) is 0 Å². The standard InChI is InChI=1S/C21H24Cl2N2O3S/c1-14-5-3-6-15(2)20(14)24-21(26)17-7-4-10-25(12-17)29(27,28)13-16-8-9-18(22)19(23)11-16/h3,5-6,8-9,11,17H,4,7,10,12-13H2,1-2H3,(H,24,26)/t17-/m0/s1. The van der Waals surface area contributed by atoms with Crippen LogP contribution in [0.1, 0.15) is 29.5 Å². The van der Waals surface area contributed by atoms with Crippen molar-refractivity contribution in [2.45, 2.75) is 32.4 Å². The zero-order valence-corrected chi connectivity index (χ0v) is 18.7. The number of carbonyl (C=O) groups excluding carboxylic acids is 1. The summed E-state index contributed by atoms with van der Waals surface area (Å²) in [5.74, 6) is -0.696. The van der Waals surface area contributed by atoms with Crippen molar-refractivity contribution in [2.75, 3.05) is 18.4 Å². The molecule has 0 unspecified atom stereocenters. The maximum atomic E-state index is 12.9. The topological polar surface area (TPSA) is 66.5 Å². The Balaban J connectivity index is 1.70. The minimum atomic E-state index is -3.57. The third-order valence-corrected chi connectivity index (χ3v) is 7.77. The molecule has 1 aliphatic heterocycles. The lowest BCUT2D eigenvalue weighted by Crippen LogP contribution is -2.44. The molecule has 156 valence electrons. The number of sulfonamides is 1. The van der Waals surface area contributed by atoms with E-state index in [1.807, 2.05) is 32.0 Å². The Morgan fingerprint density at radius 2 is 1.83 bits per heavy atom. The number of rotatable bonds is 5. The minimum absolute atomic E-state index is 0.142. The maximum Gasteiger partial charge on any atom is 0.228 e. The van der Waals surface area contributed by atoms with Gasteiger partial charge in [-0.05, 0) is 55.5 Å². The van der Waals surface area contributed by atoms with Crippen LogP contribution < -0.4 is 5.32 Å². The van der Waals surface area contributed by atoms with E-state index in [4.69, 9.17) is 23.2 Å². The average Bonchev–Trinajstić information content (AvgIpc) is 2.67. The van der Waals surface area contributed by atoms with Crippen LogP contribution in [0.4, 0.5) is 5.69 Å². The molecular formula is C21H24Cl2N2O3S. The lowest BCUT2D eigenvalue weighted by molar-refractivity contribution is -0.120. The van der Waals surface area contributed by atoms with E-state index in [1.54, 1.807) is 18.2 Å². The van der Waals surface area contributed by atoms with Crippen LogP contribution in [0.3, 0.4) is 0 Å². The fraction of sp³-hybridized carbons (Fsp3) is 0.381. The first-order chi connectivity index (χ1) is 13.7. The predicted molar refractivity (Wildman–Crippen MR) is 118 cm³/mol. The molecule has 2 aromatic rings. The molecule has 0 aliphatic carbocycles. The van der Waals surface area contributed by atoms with Gasteiger partial charge >= 0.3 is 0 Å². The summed E-state index contributed by atoms with van der Waals surface area (Å²) in [5, 5.41) is 3.70. The molecule has 3 rings (SSSR count). The molecule has 1 fully saturated rings. The second-order valence-electron chi connectivity index (χ2n) is 7.46. The van der Waals surface area contributed by atoms with Crippen LogP contribution in [-0.4, -0.2) is 31.7 Å². The van der Waals surface area contributed by atoms with E-state index in [9.17, 15) is 13.2 Å². The Kier molecular flexibility index (Phi) is 6.89. The smallest absolute Gasteiger partial charge is 0.228 e. The number of hydrogen-bond acceptors (Lipinski definition) is 3. The van der Waals surface area contributed by atoms with E-state index in [0.29, 0.717) is 35.0 Å². The Hall–Kier alpha value is -1.60. The van der Waals surface area contributed by atoms with Gasteiger partial charge in [0.05, 0.1) is 21.7 Å². The summed E-state index contributed by atoms with van der Waals surface area (Å²) in [6, 6.07) is 10.6. The summed E-state index contributed by atoms with van der Waals surface area (Å²) in [6.45, 7) is 4.48. The van der Waals surface area contributed by atoms with Gasteiger partial charge in [-0.1, -0.05) is 47.5 Å². The van der Waals surface area contributed by atoms with Crippen molar-refractivity contribution >= 4 is 44.8 Å². The third-order valence-electron chi connectivity index (χ3n) is 5.21. The quantitative estimate of drug-likeness (QED) is 0.705. The number of amides is 1. The van der Waals surface area contributed by atoms with E-state index in [0.717, 1.165) is 16.8 Å². The largest absolute Gasteiger partial charge is 0.325 e. The molecule has 0 aromatic heterocycles. The molecule has 1 amide bonds. The number of nitrogens with zero attached hydrogens (tertiary/aromatic N) is 1. The van der Waals surface area contributed by atoms with Crippen LogP contribution in [-0.2, 0) is 20.6 Å². The highest BCUT2D eigenvalue weighted by molar-refractivity contribution is 7.88. The number of halogens is 2. The molecule has 0 radical (unpaired) electrons. The van der Waals surface area contributed by atoms with Crippen LogP contribution in [0, 0.1) is 19.8 Å². The number of piperidine rings is 1. The maximum absolute atomic E-state index is 12.9. The van der Waals surface area contributed by atoms with E-state index >= 15 is 0 Å². The van der Waals surface area contributed by atoms with E-state index in [-0.39, 0.29) is 24.1 Å². The molecule has 1 N–H and O–H groups in total. The van der Waals surface area contributed by atoms with Gasteiger partial charge < -0.3 is 5.32 Å². The SMILES string of the molecule is Cc1cccc(C)c1NC(=O)[C@H]1CCCN(S(=O)(=O)Cc2ccc(Cl)c(Cl)c2)C1. The molecule has 8 heteroatoms. The van der Waals surface area contributed by atoms with Gasteiger partial charge in [-0.2, -0.15) is 0 Å². The van der Waals surface area contributed by atoms with Crippen molar-refractivity contribution in [1.82, 2.24) is 4.31 Å². The van der Waals surface area contributed by atoms with Gasteiger partial charge in [-0.3, -0.25) is 4.79 Å². The van der Waals surface area contributed by atoms with Crippen molar-refractivity contribution < 1.29 is 13.2 Å². The van der Waals surface area contributed by atoms with Crippen molar-refractivity contribution in [3.63, 3.8) is 0 Å². The molecule has 1 saturated heterocycles. The van der Waals surface area contributed by atoms with Gasteiger partial charge in [0, 0.05) is 18.8 Å². The van der Waals surface area contributed by atoms with Crippen LogP contribution >= 0.6 is 23.2 Å². The second-order valence-corrected chi connectivity index (χ2v) is 10.2. The Morgan fingerprint density at radius 1 is 1.14 bits per heavy atom. The van der Waals surface area contributed by atoms with E-state index in [2.05, 4.69) is 5.32 Å². The number of carbonyl (C=O) groups is 1. The minimum Gasteiger partial charge on any atom is -0.325 e. The first kappa shape index (κ1) is 22.1. The van der Waals surface area contributed by atoms with Crippen LogP contribution in [0.5, 0.6) is 0 Å². The fourth-order valence-electron chi connectivity index (χ4n) is 3.58. The normalized spacial score (nSPS) is 17.9. The summed E-state index contributed by atoms with van der Waals surface area (Å²) in [7, 11) is -3.57. The van der Waals surface area contributed by atoms with Crippen molar-refractivity contribution in [3.8, 4) is 0 Å². The van der Waals surface area contributed by atoms with Gasteiger partial charge in [-0.15, -0.1) is 0 Å². The van der Waals surface area contributed by atoms with Crippen LogP contribution in [0.15, 0.2) is 36.4 Å². The summed E-state index contributed by atoms with van der Waals surface area (Å²) in [6.07, 6.45) is 1.31. The summed E-state index contributed by atoms with van der Waals surface area (Å²) in [5.41, 5.74) is 3.34. The van der Waals surface area contributed by atoms with Crippen molar-refractivity contribution in [2.24, 2.45) is 5.92 Å². The number of benzene rings is 2. The molecule has 5 nitrogen and oxygen atoms in total. The third kappa shape index (κ3) is 5.31. The Labute approximate surface area is 182 Å². The van der Waals surface area contributed by atoms with Crippen LogP contribution in [0.2, 0.25) is 10.0 Å². The number of para-hydroxylation sites is 1. The van der Waals surface area contributed by atoms with E-state index < -0.39 is 10.0 Å². The molecule has 0 saturated carbocycles. The van der Waals surface area contributed by atoms with E-state index in [1.165, 1.54) is 4.31 Å². The predicted octanol–water partition coefficient (Wildman–Crippen LogP) is 4.79. The highest BCUT2D eigenvalue weighted by Gasteiger charge is 2.32. The molecular weight excluding hydrogens is 431 g/mol. The van der Waals surface area contributed by atoms with Gasteiger partial charge in [0.1, 0.15) is 0 Å². The van der Waals surface area contributed by atoms with Gasteiger partial charge in [0.2, 0.25) is 15.9 Å². The molecule has 1 atom stereocenters. The number of nitrogens with one attached hydrogen (secondary N) is 1. The number of anilines is 1. The highest BCUT2D eigenvalue weighted by atomic mass is 35.5. The molecule has 2 aromatic carbocycles. The summed E-state index contributed by atoms with van der Waals surface area (Å²) in [4.78, 5) is 12.8. The fourth-order valence-corrected chi connectivity index (χ4v) is 5.50. The molecule has 29 heavy (non-hydrogen) atoms. The average molecular weight is 455 g/mol. The first-order valence-electron chi connectivity index (χ1n) is 9.46. The lowest BCUT2D eigenvalue weighted by atomic mass is 9.98. The van der Waals surface area contributed by atoms with Gasteiger partial charge in [-0.25, -0.2) is 12.7 Å². The zero-order valence-electron chi connectivity index (χ0n) is 16.4. The number of hydrogen-bond donors (Lipinski definition) is 1. The molecule has 1 aliphatic rings. The van der Waals surface area contributed by atoms with Crippen molar-refractivity contribution in [1.29, 1.82) is 0 Å². The van der Waals surface area contributed by atoms with Gasteiger partial charge in [0.25, 0.3) is 0 Å². The van der Waals surface area contributed by atoms with Crippen LogP contribution in [0.25, 0.3) is 0 Å².